The molecular formula is C41H29N. The summed E-state index contributed by atoms with van der Waals surface area (Å²) in [5, 5.41) is 0. The van der Waals surface area contributed by atoms with Crippen molar-refractivity contribution >= 4 is 0 Å². The van der Waals surface area contributed by atoms with E-state index in [2.05, 4.69) is 163 Å². The third kappa shape index (κ3) is 5.41. The van der Waals surface area contributed by atoms with E-state index >= 15 is 0 Å². The Morgan fingerprint density at radius 2 is 0.548 bits per heavy atom. The highest BCUT2D eigenvalue weighted by Crippen LogP contribution is 2.33. The maximum absolute atomic E-state index is 4.53. The van der Waals surface area contributed by atoms with Gasteiger partial charge in [0.25, 0.3) is 0 Å². The lowest BCUT2D eigenvalue weighted by Crippen LogP contribution is -1.86. The Hall–Kier alpha value is -5.53. The maximum Gasteiger partial charge on any atom is 0.0702 e. The Bertz CT molecular complexity index is 1830. The lowest BCUT2D eigenvalue weighted by molar-refractivity contribution is 1.33. The molecular weight excluding hydrogens is 506 g/mol. The van der Waals surface area contributed by atoms with Gasteiger partial charge in [0.2, 0.25) is 0 Å². The van der Waals surface area contributed by atoms with Gasteiger partial charge < -0.3 is 0 Å². The molecule has 0 fully saturated rings. The number of hydrogen-bond acceptors (Lipinski definition) is 1. The summed E-state index contributed by atoms with van der Waals surface area (Å²) in [6.45, 7) is 0. The van der Waals surface area contributed by atoms with Crippen molar-refractivity contribution in [1.29, 1.82) is 0 Å². The van der Waals surface area contributed by atoms with Gasteiger partial charge in [0.05, 0.1) is 5.69 Å². The van der Waals surface area contributed by atoms with Gasteiger partial charge in [-0.1, -0.05) is 127 Å². The maximum atomic E-state index is 4.53. The zero-order chi connectivity index (χ0) is 28.1. The predicted molar refractivity (Wildman–Crippen MR) is 177 cm³/mol. The minimum atomic E-state index is 0.984. The quantitative estimate of drug-likeness (QED) is 0.206. The second-order valence-electron chi connectivity index (χ2n) is 10.5. The van der Waals surface area contributed by atoms with E-state index in [4.69, 9.17) is 0 Å². The van der Waals surface area contributed by atoms with Gasteiger partial charge in [-0.15, -0.1) is 0 Å². The van der Waals surface area contributed by atoms with Gasteiger partial charge >= 0.3 is 0 Å². The van der Waals surface area contributed by atoms with Gasteiger partial charge in [0.1, 0.15) is 0 Å². The number of nitrogens with zero attached hydrogens (tertiary/aromatic N) is 1. The summed E-state index contributed by atoms with van der Waals surface area (Å²) < 4.78 is 0. The molecule has 0 N–H and O–H groups in total. The molecule has 7 aromatic rings. The van der Waals surface area contributed by atoms with Crippen LogP contribution in [0.4, 0.5) is 0 Å². The van der Waals surface area contributed by atoms with Crippen LogP contribution in [0.5, 0.6) is 0 Å². The first-order valence-electron chi connectivity index (χ1n) is 14.3. The molecule has 1 heterocycles. The molecule has 0 aliphatic heterocycles. The highest BCUT2D eigenvalue weighted by Gasteiger charge is 2.08. The summed E-state index contributed by atoms with van der Waals surface area (Å²) in [4.78, 5) is 4.53. The zero-order valence-electron chi connectivity index (χ0n) is 23.2. The average Bonchev–Trinajstić information content (AvgIpc) is 3.09. The van der Waals surface area contributed by atoms with Crippen molar-refractivity contribution in [1.82, 2.24) is 4.98 Å². The van der Waals surface area contributed by atoms with Gasteiger partial charge in [-0.05, 0) is 98.1 Å². The molecule has 1 nitrogen and oxygen atoms in total. The molecule has 1 heteroatoms. The molecule has 198 valence electrons. The molecule has 0 amide bonds. The van der Waals surface area contributed by atoms with E-state index in [0.717, 1.165) is 11.3 Å². The molecule has 0 bridgehead atoms. The van der Waals surface area contributed by atoms with Gasteiger partial charge in [0.15, 0.2) is 0 Å². The minimum Gasteiger partial charge on any atom is -0.256 e. The van der Waals surface area contributed by atoms with E-state index < -0.39 is 0 Å². The number of pyridine rings is 1. The summed E-state index contributed by atoms with van der Waals surface area (Å²) in [7, 11) is 0. The first-order chi connectivity index (χ1) is 20.8. The summed E-state index contributed by atoms with van der Waals surface area (Å²) in [5.41, 5.74) is 14.2. The standard InChI is InChI=1S/C41H29N/c1-2-11-30(12-3-1)31-13-6-14-32(25-31)33-15-7-16-34(26-33)35-17-8-18-36(27-35)37-19-9-20-38(28-37)39-21-10-22-40(29-39)41-23-4-5-24-42-41/h1-29H. The number of rotatable bonds is 6. The van der Waals surface area contributed by atoms with Crippen LogP contribution in [-0.2, 0) is 0 Å². The molecule has 0 aliphatic rings. The zero-order valence-corrected chi connectivity index (χ0v) is 23.2. The predicted octanol–water partition coefficient (Wildman–Crippen LogP) is 11.1. The Morgan fingerprint density at radius 1 is 0.238 bits per heavy atom. The monoisotopic (exact) mass is 535 g/mol. The highest BCUT2D eigenvalue weighted by molar-refractivity contribution is 5.81. The summed E-state index contributed by atoms with van der Waals surface area (Å²) in [5.74, 6) is 0. The topological polar surface area (TPSA) is 12.9 Å². The molecule has 0 saturated heterocycles. The van der Waals surface area contributed by atoms with Crippen LogP contribution in [0.1, 0.15) is 0 Å². The molecule has 42 heavy (non-hydrogen) atoms. The van der Waals surface area contributed by atoms with Crippen LogP contribution >= 0.6 is 0 Å². The normalized spacial score (nSPS) is 10.9. The van der Waals surface area contributed by atoms with Crippen LogP contribution in [-0.4, -0.2) is 4.98 Å². The molecule has 6 aromatic carbocycles. The molecule has 0 saturated carbocycles. The fraction of sp³-hybridized carbons (Fsp3) is 0. The lowest BCUT2D eigenvalue weighted by Gasteiger charge is -2.11. The van der Waals surface area contributed by atoms with Crippen molar-refractivity contribution in [3.8, 4) is 66.9 Å². The fourth-order valence-electron chi connectivity index (χ4n) is 5.54. The Morgan fingerprint density at radius 3 is 0.929 bits per heavy atom. The van der Waals surface area contributed by atoms with Gasteiger partial charge in [-0.2, -0.15) is 0 Å². The van der Waals surface area contributed by atoms with Crippen molar-refractivity contribution in [2.24, 2.45) is 0 Å². The first kappa shape index (κ1) is 25.4. The van der Waals surface area contributed by atoms with E-state index in [0.29, 0.717) is 0 Å². The van der Waals surface area contributed by atoms with E-state index in [9.17, 15) is 0 Å². The van der Waals surface area contributed by atoms with Crippen LogP contribution in [0.15, 0.2) is 176 Å². The van der Waals surface area contributed by atoms with Crippen molar-refractivity contribution < 1.29 is 0 Å². The van der Waals surface area contributed by atoms with Gasteiger partial charge in [0, 0.05) is 11.8 Å². The van der Waals surface area contributed by atoms with Crippen LogP contribution in [0.2, 0.25) is 0 Å². The third-order valence-electron chi connectivity index (χ3n) is 7.71. The van der Waals surface area contributed by atoms with Crippen LogP contribution in [0.25, 0.3) is 66.9 Å². The Labute approximate surface area is 247 Å². The van der Waals surface area contributed by atoms with E-state index in [1.165, 1.54) is 55.6 Å². The summed E-state index contributed by atoms with van der Waals surface area (Å²) in [6, 6.07) is 60.5. The molecule has 7 rings (SSSR count). The number of aromatic nitrogens is 1. The first-order valence-corrected chi connectivity index (χ1v) is 14.3. The second kappa shape index (κ2) is 11.5. The van der Waals surface area contributed by atoms with E-state index in [1.54, 1.807) is 0 Å². The van der Waals surface area contributed by atoms with Crippen molar-refractivity contribution in [3.63, 3.8) is 0 Å². The van der Waals surface area contributed by atoms with Crippen LogP contribution < -0.4 is 0 Å². The third-order valence-corrected chi connectivity index (χ3v) is 7.71. The molecule has 0 unspecified atom stereocenters. The number of benzene rings is 6. The summed E-state index contributed by atoms with van der Waals surface area (Å²) >= 11 is 0. The lowest BCUT2D eigenvalue weighted by atomic mass is 9.94. The van der Waals surface area contributed by atoms with E-state index in [-0.39, 0.29) is 0 Å². The molecule has 0 atom stereocenters. The fourth-order valence-corrected chi connectivity index (χ4v) is 5.54. The molecule has 0 radical (unpaired) electrons. The van der Waals surface area contributed by atoms with Crippen molar-refractivity contribution in [3.05, 3.63) is 176 Å². The van der Waals surface area contributed by atoms with Crippen LogP contribution in [0.3, 0.4) is 0 Å². The highest BCUT2D eigenvalue weighted by atomic mass is 14.7. The van der Waals surface area contributed by atoms with Gasteiger partial charge in [-0.25, -0.2) is 0 Å². The Balaban J connectivity index is 1.19. The Kier molecular flexibility index (Phi) is 6.98. The second-order valence-corrected chi connectivity index (χ2v) is 10.5. The minimum absolute atomic E-state index is 0.984. The average molecular weight is 536 g/mol. The SMILES string of the molecule is c1ccc(-c2cccc(-c3cccc(-c4cccc(-c5cccc(-c6cccc(-c7ccccn7)c6)c5)c4)c3)c2)cc1. The van der Waals surface area contributed by atoms with Crippen LogP contribution in [0, 0.1) is 0 Å². The van der Waals surface area contributed by atoms with E-state index in [1.807, 2.05) is 18.3 Å². The molecule has 0 aliphatic carbocycles. The largest absolute Gasteiger partial charge is 0.256 e. The van der Waals surface area contributed by atoms with Crippen molar-refractivity contribution in [2.45, 2.75) is 0 Å². The summed E-state index contributed by atoms with van der Waals surface area (Å²) in [6.07, 6.45) is 1.84. The van der Waals surface area contributed by atoms with Gasteiger partial charge in [-0.3, -0.25) is 4.98 Å². The van der Waals surface area contributed by atoms with Crippen molar-refractivity contribution in [2.75, 3.05) is 0 Å². The molecule has 0 spiro atoms. The number of hydrogen-bond donors (Lipinski definition) is 0. The smallest absolute Gasteiger partial charge is 0.0702 e. The molecule has 1 aromatic heterocycles.